The van der Waals surface area contributed by atoms with Crippen LogP contribution >= 0.6 is 11.6 Å². The molecule has 5 nitrogen and oxygen atoms in total. The van der Waals surface area contributed by atoms with Gasteiger partial charge in [-0.25, -0.2) is 9.78 Å². The van der Waals surface area contributed by atoms with Crippen LogP contribution in [0.5, 0.6) is 0 Å². The molecule has 0 saturated heterocycles. The number of benzene rings is 1. The predicted octanol–water partition coefficient (Wildman–Crippen LogP) is 2.92. The lowest BCUT2D eigenvalue weighted by atomic mass is 10.0. The number of hydrogen-bond donors (Lipinski definition) is 2. The first kappa shape index (κ1) is 15.0. The quantitative estimate of drug-likeness (QED) is 0.851. The van der Waals surface area contributed by atoms with Gasteiger partial charge in [0.15, 0.2) is 0 Å². The number of nitrogens with zero attached hydrogens (tertiary/aromatic N) is 1. The number of amides is 1. The van der Waals surface area contributed by atoms with Crippen LogP contribution in [-0.4, -0.2) is 22.0 Å². The zero-order valence-corrected chi connectivity index (χ0v) is 12.0. The fourth-order valence-electron chi connectivity index (χ4n) is 1.89. The van der Waals surface area contributed by atoms with Gasteiger partial charge in [-0.15, -0.1) is 0 Å². The van der Waals surface area contributed by atoms with Gasteiger partial charge in [-0.3, -0.25) is 4.79 Å². The predicted molar refractivity (Wildman–Crippen MR) is 79.7 cm³/mol. The number of rotatable bonds is 4. The fraction of sp³-hybridized carbons (Fsp3) is 0.133. The van der Waals surface area contributed by atoms with Gasteiger partial charge in [0.1, 0.15) is 5.15 Å². The molecule has 0 aliphatic carbocycles. The Hall–Kier alpha value is -2.40. The van der Waals surface area contributed by atoms with Crippen molar-refractivity contribution in [2.24, 2.45) is 0 Å². The molecule has 0 fully saturated rings. The largest absolute Gasteiger partial charge is 0.478 e. The third kappa shape index (κ3) is 3.79. The van der Waals surface area contributed by atoms with Crippen LogP contribution in [0.2, 0.25) is 5.15 Å². The summed E-state index contributed by atoms with van der Waals surface area (Å²) >= 11 is 5.81. The summed E-state index contributed by atoms with van der Waals surface area (Å²) in [6, 6.07) is 8.12. The molecule has 2 aromatic rings. The highest BCUT2D eigenvalue weighted by molar-refractivity contribution is 6.30. The lowest BCUT2D eigenvalue weighted by Crippen LogP contribution is -2.16. The van der Waals surface area contributed by atoms with E-state index in [2.05, 4.69) is 10.3 Å². The summed E-state index contributed by atoms with van der Waals surface area (Å²) in [5, 5.41) is 12.1. The van der Waals surface area contributed by atoms with Crippen LogP contribution in [-0.2, 0) is 11.2 Å². The van der Waals surface area contributed by atoms with E-state index in [1.165, 1.54) is 12.3 Å². The van der Waals surface area contributed by atoms with Crippen molar-refractivity contribution in [3.8, 4) is 0 Å². The first-order valence-corrected chi connectivity index (χ1v) is 6.58. The number of pyridine rings is 1. The summed E-state index contributed by atoms with van der Waals surface area (Å²) in [5.74, 6) is -1.37. The zero-order valence-electron chi connectivity index (χ0n) is 11.3. The van der Waals surface area contributed by atoms with Crippen molar-refractivity contribution in [2.75, 3.05) is 5.32 Å². The van der Waals surface area contributed by atoms with Crippen LogP contribution in [0.25, 0.3) is 0 Å². The number of aryl methyl sites for hydroxylation is 1. The van der Waals surface area contributed by atoms with Crippen LogP contribution in [0.3, 0.4) is 0 Å². The van der Waals surface area contributed by atoms with Crippen molar-refractivity contribution < 1.29 is 14.7 Å². The minimum atomic E-state index is -1.05. The molecule has 2 rings (SSSR count). The third-order valence-corrected chi connectivity index (χ3v) is 3.29. The number of carbonyl (C=O) groups excluding carboxylic acids is 1. The van der Waals surface area contributed by atoms with E-state index in [-0.39, 0.29) is 17.9 Å². The van der Waals surface area contributed by atoms with E-state index in [4.69, 9.17) is 16.7 Å². The zero-order chi connectivity index (χ0) is 15.4. The Morgan fingerprint density at radius 2 is 2.05 bits per heavy atom. The Morgan fingerprint density at radius 1 is 1.33 bits per heavy atom. The van der Waals surface area contributed by atoms with Gasteiger partial charge in [0, 0.05) is 0 Å². The van der Waals surface area contributed by atoms with Crippen molar-refractivity contribution in [1.29, 1.82) is 0 Å². The molecule has 0 bridgehead atoms. The Kier molecular flexibility index (Phi) is 4.55. The van der Waals surface area contributed by atoms with Gasteiger partial charge in [0.25, 0.3) is 0 Å². The summed E-state index contributed by atoms with van der Waals surface area (Å²) in [5.41, 5.74) is 1.86. The first-order valence-electron chi connectivity index (χ1n) is 6.20. The molecule has 0 aliphatic heterocycles. The molecule has 0 saturated carbocycles. The SMILES string of the molecule is Cc1cc(NC(=O)Cc2ccccc2C(=O)O)cnc1Cl. The minimum Gasteiger partial charge on any atom is -0.478 e. The van der Waals surface area contributed by atoms with Gasteiger partial charge in [0.05, 0.1) is 23.9 Å². The molecule has 0 atom stereocenters. The van der Waals surface area contributed by atoms with Crippen LogP contribution in [0, 0.1) is 6.92 Å². The van der Waals surface area contributed by atoms with E-state index < -0.39 is 5.97 Å². The summed E-state index contributed by atoms with van der Waals surface area (Å²) in [4.78, 5) is 27.0. The highest BCUT2D eigenvalue weighted by atomic mass is 35.5. The summed E-state index contributed by atoms with van der Waals surface area (Å²) < 4.78 is 0. The van der Waals surface area contributed by atoms with E-state index in [0.29, 0.717) is 16.4 Å². The molecule has 0 radical (unpaired) electrons. The Balaban J connectivity index is 2.12. The molecular weight excluding hydrogens is 292 g/mol. The van der Waals surface area contributed by atoms with E-state index in [1.54, 1.807) is 31.2 Å². The van der Waals surface area contributed by atoms with Crippen molar-refractivity contribution >= 4 is 29.2 Å². The van der Waals surface area contributed by atoms with Crippen LogP contribution in [0.15, 0.2) is 36.5 Å². The van der Waals surface area contributed by atoms with E-state index in [1.807, 2.05) is 0 Å². The number of halogens is 1. The normalized spacial score (nSPS) is 10.2. The average molecular weight is 305 g/mol. The Morgan fingerprint density at radius 3 is 2.71 bits per heavy atom. The molecule has 1 amide bonds. The number of nitrogens with one attached hydrogen (secondary N) is 1. The number of aromatic carboxylic acids is 1. The van der Waals surface area contributed by atoms with Gasteiger partial charge in [-0.05, 0) is 30.2 Å². The molecule has 1 aromatic heterocycles. The number of anilines is 1. The van der Waals surface area contributed by atoms with E-state index in [0.717, 1.165) is 5.56 Å². The molecule has 1 heterocycles. The molecule has 0 aliphatic rings. The summed E-state index contributed by atoms with van der Waals surface area (Å²) in [6.07, 6.45) is 1.43. The molecular formula is C15H13ClN2O3. The second-order valence-electron chi connectivity index (χ2n) is 4.52. The molecule has 21 heavy (non-hydrogen) atoms. The second kappa shape index (κ2) is 6.37. The number of carbonyl (C=O) groups is 2. The van der Waals surface area contributed by atoms with Gasteiger partial charge in [-0.1, -0.05) is 29.8 Å². The van der Waals surface area contributed by atoms with Gasteiger partial charge in [-0.2, -0.15) is 0 Å². The monoisotopic (exact) mass is 304 g/mol. The number of hydrogen-bond acceptors (Lipinski definition) is 3. The van der Waals surface area contributed by atoms with Crippen LogP contribution in [0.4, 0.5) is 5.69 Å². The van der Waals surface area contributed by atoms with E-state index >= 15 is 0 Å². The van der Waals surface area contributed by atoms with Crippen LogP contribution < -0.4 is 5.32 Å². The molecule has 6 heteroatoms. The second-order valence-corrected chi connectivity index (χ2v) is 4.88. The highest BCUT2D eigenvalue weighted by Crippen LogP contribution is 2.17. The van der Waals surface area contributed by atoms with Gasteiger partial charge < -0.3 is 10.4 Å². The number of carboxylic acids is 1. The Bertz CT molecular complexity index is 701. The Labute approximate surface area is 126 Å². The van der Waals surface area contributed by atoms with Crippen molar-refractivity contribution in [3.05, 3.63) is 58.4 Å². The minimum absolute atomic E-state index is 0.0237. The smallest absolute Gasteiger partial charge is 0.335 e. The van der Waals surface area contributed by atoms with Crippen molar-refractivity contribution in [2.45, 2.75) is 13.3 Å². The summed E-state index contributed by atoms with van der Waals surface area (Å²) in [7, 11) is 0. The fourth-order valence-corrected chi connectivity index (χ4v) is 1.99. The van der Waals surface area contributed by atoms with Crippen molar-refractivity contribution in [3.63, 3.8) is 0 Å². The number of carboxylic acid groups (broad SMARTS) is 1. The molecule has 0 spiro atoms. The van der Waals surface area contributed by atoms with Crippen LogP contribution in [0.1, 0.15) is 21.5 Å². The molecule has 108 valence electrons. The van der Waals surface area contributed by atoms with Gasteiger partial charge in [0.2, 0.25) is 5.91 Å². The van der Waals surface area contributed by atoms with Gasteiger partial charge >= 0.3 is 5.97 Å². The highest BCUT2D eigenvalue weighted by Gasteiger charge is 2.13. The maximum absolute atomic E-state index is 12.0. The summed E-state index contributed by atoms with van der Waals surface area (Å²) in [6.45, 7) is 1.78. The lowest BCUT2D eigenvalue weighted by molar-refractivity contribution is -0.115. The molecule has 2 N–H and O–H groups in total. The maximum Gasteiger partial charge on any atom is 0.335 e. The topological polar surface area (TPSA) is 79.3 Å². The first-order chi connectivity index (χ1) is 9.97. The lowest BCUT2D eigenvalue weighted by Gasteiger charge is -2.08. The molecule has 1 aromatic carbocycles. The third-order valence-electron chi connectivity index (χ3n) is 2.90. The maximum atomic E-state index is 12.0. The standard InChI is InChI=1S/C15H13ClN2O3/c1-9-6-11(8-17-14(9)16)18-13(19)7-10-4-2-3-5-12(10)15(20)21/h2-6,8H,7H2,1H3,(H,18,19)(H,20,21). The molecule has 0 unspecified atom stereocenters. The van der Waals surface area contributed by atoms with E-state index in [9.17, 15) is 9.59 Å². The average Bonchev–Trinajstić information content (AvgIpc) is 2.43. The number of aromatic nitrogens is 1. The van der Waals surface area contributed by atoms with Crippen molar-refractivity contribution in [1.82, 2.24) is 4.98 Å².